The summed E-state index contributed by atoms with van der Waals surface area (Å²) < 4.78 is 42.8. The highest BCUT2D eigenvalue weighted by Crippen LogP contribution is 2.32. The molecule has 2 aliphatic heterocycles. The number of aromatic nitrogens is 2. The lowest BCUT2D eigenvalue weighted by Gasteiger charge is -2.40. The van der Waals surface area contributed by atoms with Gasteiger partial charge in [-0.1, -0.05) is 0 Å². The van der Waals surface area contributed by atoms with Crippen LogP contribution in [0.4, 0.5) is 19.0 Å². The monoisotopic (exact) mass is 442 g/mol. The Bertz CT molecular complexity index is 863. The van der Waals surface area contributed by atoms with E-state index in [0.29, 0.717) is 18.4 Å². The normalized spacial score (nSPS) is 23.4. The number of carbonyl (C=O) groups is 2. The predicted octanol–water partition coefficient (Wildman–Crippen LogP) is 2.32. The smallest absolute Gasteiger partial charge is 0.475 e. The predicted molar refractivity (Wildman–Crippen MR) is 99.7 cm³/mol. The maximum absolute atomic E-state index is 12.6. The number of carboxylic acid groups (broad SMARTS) is 1. The molecule has 3 atom stereocenters. The fraction of sp³-hybridized carbons (Fsp3) is 0.474. The third kappa shape index (κ3) is 6.25. The molecule has 0 aromatic carbocycles. The Morgan fingerprint density at radius 2 is 2.10 bits per heavy atom. The lowest BCUT2D eigenvalue weighted by Crippen LogP contribution is -2.51. The zero-order valence-electron chi connectivity index (χ0n) is 16.3. The van der Waals surface area contributed by atoms with Crippen LogP contribution in [0.15, 0.2) is 41.6 Å². The summed E-state index contributed by atoms with van der Waals surface area (Å²) in [6, 6.07) is 2.34. The molecule has 2 aromatic heterocycles. The quantitative estimate of drug-likeness (QED) is 0.741. The van der Waals surface area contributed by atoms with Gasteiger partial charge in [-0.05, 0) is 18.9 Å². The molecule has 31 heavy (non-hydrogen) atoms. The number of ether oxygens (including phenoxy) is 1. The first-order chi connectivity index (χ1) is 14.7. The zero-order chi connectivity index (χ0) is 22.4. The Hall–Kier alpha value is -2.99. The van der Waals surface area contributed by atoms with Crippen LogP contribution in [0.25, 0.3) is 0 Å². The Balaban J connectivity index is 0.000000339. The number of hydrogen-bond donors (Lipinski definition) is 2. The number of hydrogen-bond acceptors (Lipinski definition) is 7. The molecule has 1 amide bonds. The van der Waals surface area contributed by atoms with Gasteiger partial charge in [0.15, 0.2) is 5.82 Å². The second kappa shape index (κ2) is 9.88. The number of fused-ring (bicyclic) bond motifs is 1. The molecule has 0 unspecified atom stereocenters. The topological polar surface area (TPSA) is 118 Å². The molecular formula is C19H21F3N4O5. The van der Waals surface area contributed by atoms with Crippen LogP contribution in [0.2, 0.25) is 0 Å². The van der Waals surface area contributed by atoms with Crippen molar-refractivity contribution in [1.82, 2.24) is 14.9 Å². The standard InChI is InChI=1S/C17H20N4O3.C2HF3O2/c22-17(20-16-8-18-3-4-19-16)13-7-15-14(2-6-24-15)21(10-13)9-12-1-5-23-11-12;3-2(4,5)1(6)7/h1,3-5,8,11,13-15H,2,6-7,9-10H2,(H,19,20,22);(H,6,7)/t13-,14-,15-;/m1./s1. The summed E-state index contributed by atoms with van der Waals surface area (Å²) in [5.74, 6) is -2.43. The van der Waals surface area contributed by atoms with E-state index >= 15 is 0 Å². The number of anilines is 1. The number of halogens is 3. The molecule has 0 aliphatic carbocycles. The average Bonchev–Trinajstić information content (AvgIpc) is 3.40. The number of rotatable bonds is 4. The maximum atomic E-state index is 12.6. The summed E-state index contributed by atoms with van der Waals surface area (Å²) >= 11 is 0. The van der Waals surface area contributed by atoms with Crippen LogP contribution < -0.4 is 5.32 Å². The highest BCUT2D eigenvalue weighted by Gasteiger charge is 2.42. The molecule has 9 nitrogen and oxygen atoms in total. The van der Waals surface area contributed by atoms with Crippen LogP contribution in [0.1, 0.15) is 18.4 Å². The molecule has 4 heterocycles. The summed E-state index contributed by atoms with van der Waals surface area (Å²) in [4.78, 5) is 31.9. The molecule has 2 aromatic rings. The third-order valence-electron chi connectivity index (χ3n) is 5.01. The van der Waals surface area contributed by atoms with Crippen LogP contribution in [-0.2, 0) is 20.9 Å². The van der Waals surface area contributed by atoms with Crippen molar-refractivity contribution in [3.05, 3.63) is 42.7 Å². The summed E-state index contributed by atoms with van der Waals surface area (Å²) in [5, 5.41) is 9.98. The van der Waals surface area contributed by atoms with E-state index in [1.165, 1.54) is 0 Å². The fourth-order valence-electron chi connectivity index (χ4n) is 3.63. The van der Waals surface area contributed by atoms with E-state index in [1.54, 1.807) is 31.1 Å². The third-order valence-corrected chi connectivity index (χ3v) is 5.01. The second-order valence-electron chi connectivity index (χ2n) is 7.14. The summed E-state index contributed by atoms with van der Waals surface area (Å²) in [7, 11) is 0. The molecule has 0 saturated carbocycles. The molecule has 12 heteroatoms. The van der Waals surface area contributed by atoms with Gasteiger partial charge < -0.3 is 19.6 Å². The number of nitrogens with zero attached hydrogens (tertiary/aromatic N) is 3. The first-order valence-electron chi connectivity index (χ1n) is 9.47. The molecule has 0 spiro atoms. The van der Waals surface area contributed by atoms with Crippen molar-refractivity contribution in [3.8, 4) is 0 Å². The number of furan rings is 1. The average molecular weight is 442 g/mol. The van der Waals surface area contributed by atoms with Crippen LogP contribution in [0, 0.1) is 5.92 Å². The zero-order valence-corrected chi connectivity index (χ0v) is 16.3. The van der Waals surface area contributed by atoms with Gasteiger partial charge in [-0.15, -0.1) is 0 Å². The number of carboxylic acids is 1. The van der Waals surface area contributed by atoms with Crippen molar-refractivity contribution < 1.29 is 37.0 Å². The summed E-state index contributed by atoms with van der Waals surface area (Å²) in [5.41, 5.74) is 1.12. The van der Waals surface area contributed by atoms with Gasteiger partial charge in [-0.3, -0.25) is 14.7 Å². The second-order valence-corrected chi connectivity index (χ2v) is 7.14. The highest BCUT2D eigenvalue weighted by atomic mass is 19.4. The Morgan fingerprint density at radius 1 is 1.32 bits per heavy atom. The first-order valence-corrected chi connectivity index (χ1v) is 9.47. The van der Waals surface area contributed by atoms with Gasteiger partial charge in [0.2, 0.25) is 5.91 Å². The number of aliphatic carboxylic acids is 1. The van der Waals surface area contributed by atoms with Crippen molar-refractivity contribution in [1.29, 1.82) is 0 Å². The number of likely N-dealkylation sites (tertiary alicyclic amines) is 1. The van der Waals surface area contributed by atoms with Gasteiger partial charge in [-0.25, -0.2) is 9.78 Å². The van der Waals surface area contributed by atoms with Crippen LogP contribution in [0.5, 0.6) is 0 Å². The number of carbonyl (C=O) groups excluding carboxylic acids is 1. The Morgan fingerprint density at radius 3 is 2.71 bits per heavy atom. The molecule has 168 valence electrons. The molecule has 2 N–H and O–H groups in total. The minimum absolute atomic E-state index is 0.0263. The molecule has 2 saturated heterocycles. The van der Waals surface area contributed by atoms with Gasteiger partial charge in [0.25, 0.3) is 0 Å². The van der Waals surface area contributed by atoms with Crippen LogP contribution >= 0.6 is 0 Å². The van der Waals surface area contributed by atoms with E-state index in [2.05, 4.69) is 20.2 Å². The number of piperidine rings is 1. The van der Waals surface area contributed by atoms with Crippen molar-refractivity contribution in [3.63, 3.8) is 0 Å². The SMILES string of the molecule is O=C(Nc1cnccn1)[C@@H]1C[C@H]2OCC[C@H]2N(Cc2ccoc2)C1.O=C(O)C(F)(F)F. The van der Waals surface area contributed by atoms with E-state index in [4.69, 9.17) is 19.1 Å². The lowest BCUT2D eigenvalue weighted by atomic mass is 9.89. The number of alkyl halides is 3. The van der Waals surface area contributed by atoms with E-state index in [-0.39, 0.29) is 17.9 Å². The highest BCUT2D eigenvalue weighted by molar-refractivity contribution is 5.91. The van der Waals surface area contributed by atoms with Crippen LogP contribution in [0.3, 0.4) is 0 Å². The van der Waals surface area contributed by atoms with Gasteiger partial charge in [0.05, 0.1) is 30.7 Å². The molecule has 4 rings (SSSR count). The summed E-state index contributed by atoms with van der Waals surface area (Å²) in [6.07, 6.45) is 4.94. The van der Waals surface area contributed by atoms with Gasteiger partial charge >= 0.3 is 12.1 Å². The van der Waals surface area contributed by atoms with E-state index in [1.807, 2.05) is 6.07 Å². The van der Waals surface area contributed by atoms with Crippen molar-refractivity contribution in [2.75, 3.05) is 18.5 Å². The molecule has 0 radical (unpaired) electrons. The maximum Gasteiger partial charge on any atom is 0.490 e. The molecular weight excluding hydrogens is 421 g/mol. The van der Waals surface area contributed by atoms with Crippen LogP contribution in [-0.4, -0.2) is 63.3 Å². The minimum atomic E-state index is -5.08. The largest absolute Gasteiger partial charge is 0.490 e. The fourth-order valence-corrected chi connectivity index (χ4v) is 3.63. The van der Waals surface area contributed by atoms with Crippen molar-refractivity contribution >= 4 is 17.7 Å². The van der Waals surface area contributed by atoms with Gasteiger partial charge in [-0.2, -0.15) is 13.2 Å². The van der Waals surface area contributed by atoms with Crippen molar-refractivity contribution in [2.45, 2.75) is 37.7 Å². The lowest BCUT2D eigenvalue weighted by molar-refractivity contribution is -0.192. The first kappa shape index (κ1) is 22.7. The molecule has 0 bridgehead atoms. The van der Waals surface area contributed by atoms with Gasteiger partial charge in [0.1, 0.15) is 0 Å². The van der Waals surface area contributed by atoms with Crippen molar-refractivity contribution in [2.24, 2.45) is 5.92 Å². The Kier molecular flexibility index (Phi) is 7.23. The molecule has 2 fully saturated rings. The van der Waals surface area contributed by atoms with E-state index < -0.39 is 12.1 Å². The van der Waals surface area contributed by atoms with E-state index in [9.17, 15) is 18.0 Å². The number of amides is 1. The minimum Gasteiger partial charge on any atom is -0.475 e. The number of nitrogens with one attached hydrogen (secondary N) is 1. The Labute approximate surface area is 175 Å². The molecule has 2 aliphatic rings. The summed E-state index contributed by atoms with van der Waals surface area (Å²) in [6.45, 7) is 2.24. The van der Waals surface area contributed by atoms with E-state index in [0.717, 1.165) is 31.6 Å². The van der Waals surface area contributed by atoms with Gasteiger partial charge in [0, 0.05) is 43.7 Å².